The highest BCUT2D eigenvalue weighted by molar-refractivity contribution is 7.91. The molecule has 1 saturated heterocycles. The molecule has 2 aromatic heterocycles. The summed E-state index contributed by atoms with van der Waals surface area (Å²) in [6, 6.07) is 9.31. The molecule has 164 valence electrons. The molecule has 1 fully saturated rings. The van der Waals surface area contributed by atoms with E-state index in [9.17, 15) is 18.0 Å². The fourth-order valence-electron chi connectivity index (χ4n) is 3.72. The number of nitrogens with one attached hydrogen (secondary N) is 1. The largest absolute Gasteiger partial charge is 0.465 e. The number of esters is 1. The van der Waals surface area contributed by atoms with E-state index >= 15 is 0 Å². The molecule has 8 nitrogen and oxygen atoms in total. The van der Waals surface area contributed by atoms with E-state index in [0.717, 1.165) is 27.8 Å². The van der Waals surface area contributed by atoms with Crippen molar-refractivity contribution in [3.05, 3.63) is 53.0 Å². The van der Waals surface area contributed by atoms with Crippen molar-refractivity contribution in [2.75, 3.05) is 33.3 Å². The van der Waals surface area contributed by atoms with E-state index in [0.29, 0.717) is 25.9 Å². The number of nitrogens with zero attached hydrogens (tertiary/aromatic N) is 2. The van der Waals surface area contributed by atoms with Gasteiger partial charge in [0.05, 0.1) is 12.7 Å². The highest BCUT2D eigenvalue weighted by atomic mass is 32.2. The van der Waals surface area contributed by atoms with Gasteiger partial charge in [-0.25, -0.2) is 13.2 Å². The van der Waals surface area contributed by atoms with Crippen LogP contribution in [0.5, 0.6) is 0 Å². The van der Waals surface area contributed by atoms with Crippen molar-refractivity contribution in [2.45, 2.75) is 17.1 Å². The Labute approximate surface area is 184 Å². The number of hydrogen-bond acceptors (Lipinski definition) is 6. The molecule has 0 atom stereocenters. The van der Waals surface area contributed by atoms with E-state index in [1.807, 2.05) is 30.5 Å². The fraction of sp³-hybridized carbons (Fsp3) is 0.333. The maximum Gasteiger partial charge on any atom is 0.338 e. The number of rotatable bonds is 6. The molecule has 0 saturated carbocycles. The van der Waals surface area contributed by atoms with E-state index in [-0.39, 0.29) is 28.8 Å². The number of benzene rings is 1. The molecular weight excluding hydrogens is 438 g/mol. The van der Waals surface area contributed by atoms with Crippen molar-refractivity contribution in [2.24, 2.45) is 0 Å². The van der Waals surface area contributed by atoms with Gasteiger partial charge >= 0.3 is 5.97 Å². The van der Waals surface area contributed by atoms with Gasteiger partial charge in [-0.3, -0.25) is 4.79 Å². The van der Waals surface area contributed by atoms with Gasteiger partial charge < -0.3 is 14.6 Å². The number of methoxy groups -OCH3 is 1. The first-order valence-corrected chi connectivity index (χ1v) is 12.2. The zero-order chi connectivity index (χ0) is 22.0. The number of hydrogen-bond donors (Lipinski definition) is 1. The van der Waals surface area contributed by atoms with Crippen LogP contribution in [-0.2, 0) is 26.0 Å². The van der Waals surface area contributed by atoms with E-state index in [1.54, 1.807) is 4.90 Å². The Balaban J connectivity index is 1.34. The average molecular weight is 462 g/mol. The molecule has 1 N–H and O–H groups in total. The van der Waals surface area contributed by atoms with E-state index in [2.05, 4.69) is 9.72 Å². The van der Waals surface area contributed by atoms with Crippen LogP contribution in [0, 0.1) is 0 Å². The summed E-state index contributed by atoms with van der Waals surface area (Å²) in [6.07, 6.45) is 2.95. The molecule has 1 aromatic carbocycles. The van der Waals surface area contributed by atoms with Crippen molar-refractivity contribution in [1.29, 1.82) is 0 Å². The molecule has 0 spiro atoms. The first-order valence-electron chi connectivity index (χ1n) is 9.90. The van der Waals surface area contributed by atoms with Gasteiger partial charge in [0.1, 0.15) is 4.21 Å². The third-order valence-corrected chi connectivity index (χ3v) is 8.78. The van der Waals surface area contributed by atoms with Gasteiger partial charge in [0, 0.05) is 55.1 Å². The molecule has 0 aliphatic carbocycles. The number of piperazine rings is 1. The highest BCUT2D eigenvalue weighted by Gasteiger charge is 2.31. The number of H-pyrrole nitrogens is 1. The minimum absolute atomic E-state index is 0.0198. The molecule has 1 aliphatic rings. The van der Waals surface area contributed by atoms with Crippen LogP contribution in [0.2, 0.25) is 0 Å². The maximum absolute atomic E-state index is 12.9. The first kappa shape index (κ1) is 21.5. The lowest BCUT2D eigenvalue weighted by Gasteiger charge is -2.33. The van der Waals surface area contributed by atoms with Crippen LogP contribution in [0.25, 0.3) is 10.9 Å². The van der Waals surface area contributed by atoms with Crippen LogP contribution >= 0.6 is 11.3 Å². The molecular formula is C21H23N3O5S2. The third kappa shape index (κ3) is 4.36. The summed E-state index contributed by atoms with van der Waals surface area (Å²) in [4.78, 5) is 29.2. The van der Waals surface area contributed by atoms with Crippen molar-refractivity contribution in [3.8, 4) is 0 Å². The normalized spacial score (nSPS) is 15.3. The zero-order valence-electron chi connectivity index (χ0n) is 17.0. The van der Waals surface area contributed by atoms with E-state index in [1.165, 1.54) is 22.9 Å². The number of carbonyl (C=O) groups is 2. The summed E-state index contributed by atoms with van der Waals surface area (Å²) in [7, 11) is -2.45. The Hall–Kier alpha value is -2.69. The summed E-state index contributed by atoms with van der Waals surface area (Å²) in [5.74, 6) is -0.547. The summed E-state index contributed by atoms with van der Waals surface area (Å²) in [5, 5.41) is 2.59. The SMILES string of the molecule is COC(=O)c1csc(S(=O)(=O)N2CCN(C(=O)CCc3c[nH]c4ccccc34)CC2)c1. The second-order valence-corrected chi connectivity index (χ2v) is 10.4. The molecule has 31 heavy (non-hydrogen) atoms. The summed E-state index contributed by atoms with van der Waals surface area (Å²) >= 11 is 0.994. The Bertz CT molecular complexity index is 1210. The van der Waals surface area contributed by atoms with Crippen LogP contribution in [0.1, 0.15) is 22.3 Å². The highest BCUT2D eigenvalue weighted by Crippen LogP contribution is 2.25. The van der Waals surface area contributed by atoms with Gasteiger partial charge in [0.25, 0.3) is 10.0 Å². The summed E-state index contributed by atoms with van der Waals surface area (Å²) < 4.78 is 31.8. The van der Waals surface area contributed by atoms with Crippen LogP contribution in [0.4, 0.5) is 0 Å². The minimum Gasteiger partial charge on any atom is -0.465 e. The number of thiophene rings is 1. The predicted molar refractivity (Wildman–Crippen MR) is 118 cm³/mol. The molecule has 0 radical (unpaired) electrons. The predicted octanol–water partition coefficient (Wildman–Crippen LogP) is 2.48. The summed E-state index contributed by atoms with van der Waals surface area (Å²) in [6.45, 7) is 1.15. The molecule has 3 aromatic rings. The first-order chi connectivity index (χ1) is 14.9. The van der Waals surface area contributed by atoms with E-state index in [4.69, 9.17) is 0 Å². The van der Waals surface area contributed by atoms with Crippen LogP contribution in [0.3, 0.4) is 0 Å². The molecule has 10 heteroatoms. The van der Waals surface area contributed by atoms with Crippen molar-refractivity contribution in [1.82, 2.24) is 14.2 Å². The third-order valence-electron chi connectivity index (χ3n) is 5.47. The lowest BCUT2D eigenvalue weighted by Crippen LogP contribution is -2.50. The van der Waals surface area contributed by atoms with Gasteiger partial charge in [-0.05, 0) is 24.1 Å². The second kappa shape index (κ2) is 8.81. The van der Waals surface area contributed by atoms with Crippen LogP contribution in [-0.4, -0.2) is 67.8 Å². The zero-order valence-corrected chi connectivity index (χ0v) is 18.7. The number of amides is 1. The number of para-hydroxylation sites is 1. The number of aryl methyl sites for hydroxylation is 1. The van der Waals surface area contributed by atoms with Crippen molar-refractivity contribution >= 4 is 44.1 Å². The maximum atomic E-state index is 12.9. The Morgan fingerprint density at radius 2 is 1.90 bits per heavy atom. The molecule has 1 aliphatic heterocycles. The molecule has 3 heterocycles. The molecule has 4 rings (SSSR count). The number of fused-ring (bicyclic) bond motifs is 1. The number of aromatic nitrogens is 1. The number of aromatic amines is 1. The Kier molecular flexibility index (Phi) is 6.12. The molecule has 1 amide bonds. The number of sulfonamides is 1. The average Bonchev–Trinajstić information content (AvgIpc) is 3.45. The van der Waals surface area contributed by atoms with Gasteiger partial charge in [-0.2, -0.15) is 4.31 Å². The van der Waals surface area contributed by atoms with Gasteiger partial charge in [0.15, 0.2) is 0 Å². The van der Waals surface area contributed by atoms with Crippen molar-refractivity contribution < 1.29 is 22.7 Å². The van der Waals surface area contributed by atoms with Gasteiger partial charge in [0.2, 0.25) is 5.91 Å². The minimum atomic E-state index is -3.70. The van der Waals surface area contributed by atoms with Crippen LogP contribution < -0.4 is 0 Å². The lowest BCUT2D eigenvalue weighted by molar-refractivity contribution is -0.132. The Morgan fingerprint density at radius 1 is 1.16 bits per heavy atom. The van der Waals surface area contributed by atoms with Crippen molar-refractivity contribution in [3.63, 3.8) is 0 Å². The molecule has 0 bridgehead atoms. The second-order valence-electron chi connectivity index (χ2n) is 7.29. The smallest absolute Gasteiger partial charge is 0.338 e. The monoisotopic (exact) mass is 461 g/mol. The Morgan fingerprint density at radius 3 is 2.65 bits per heavy atom. The van der Waals surface area contributed by atoms with E-state index < -0.39 is 16.0 Å². The standard InChI is InChI=1S/C21H23N3O5S2/c1-29-21(26)16-12-20(30-14-16)31(27,28)24-10-8-23(9-11-24)19(25)7-6-15-13-22-18-5-3-2-4-17(15)18/h2-5,12-14,22H,6-11H2,1H3. The lowest BCUT2D eigenvalue weighted by atomic mass is 10.1. The number of ether oxygens (including phenoxy) is 1. The van der Waals surface area contributed by atoms with Gasteiger partial charge in [-0.1, -0.05) is 18.2 Å². The quantitative estimate of drug-likeness (QED) is 0.569. The summed E-state index contributed by atoms with van der Waals surface area (Å²) in [5.41, 5.74) is 2.37. The topological polar surface area (TPSA) is 99.8 Å². The fourth-order valence-corrected chi connectivity index (χ4v) is 6.44. The van der Waals surface area contributed by atoms with Gasteiger partial charge in [-0.15, -0.1) is 11.3 Å². The molecule has 0 unspecified atom stereocenters. The van der Waals surface area contributed by atoms with Crippen LogP contribution in [0.15, 0.2) is 46.1 Å². The number of carbonyl (C=O) groups excluding carboxylic acids is 2.